The van der Waals surface area contributed by atoms with Crippen molar-refractivity contribution in [2.45, 2.75) is 13.5 Å². The second kappa shape index (κ2) is 8.42. The van der Waals surface area contributed by atoms with Gasteiger partial charge < -0.3 is 19.5 Å². The molecule has 1 aliphatic rings. The van der Waals surface area contributed by atoms with Crippen LogP contribution in [0.25, 0.3) is 11.8 Å². The molecule has 2 aromatic carbocycles. The summed E-state index contributed by atoms with van der Waals surface area (Å²) in [7, 11) is 0. The molecular weight excluding hydrogens is 374 g/mol. The highest BCUT2D eigenvalue weighted by atomic mass is 16.7. The van der Waals surface area contributed by atoms with Crippen molar-refractivity contribution >= 4 is 12.0 Å². The van der Waals surface area contributed by atoms with Gasteiger partial charge in [-0.15, -0.1) is 5.10 Å². The molecule has 0 spiro atoms. The SMILES string of the molecule is CCOc1ccc(-n2nnnc2CNC(=O)/C=C/c2ccc3c(c2)OCO3)cc1. The Hall–Kier alpha value is -3.88. The highest BCUT2D eigenvalue weighted by Crippen LogP contribution is 2.32. The molecule has 29 heavy (non-hydrogen) atoms. The van der Waals surface area contributed by atoms with Gasteiger partial charge in [0.15, 0.2) is 17.3 Å². The summed E-state index contributed by atoms with van der Waals surface area (Å²) in [4.78, 5) is 12.2. The summed E-state index contributed by atoms with van der Waals surface area (Å²) in [5.41, 5.74) is 1.61. The summed E-state index contributed by atoms with van der Waals surface area (Å²) in [5, 5.41) is 14.4. The zero-order valence-electron chi connectivity index (χ0n) is 15.7. The smallest absolute Gasteiger partial charge is 0.244 e. The van der Waals surface area contributed by atoms with Gasteiger partial charge in [-0.1, -0.05) is 6.07 Å². The highest BCUT2D eigenvalue weighted by molar-refractivity contribution is 5.91. The lowest BCUT2D eigenvalue weighted by atomic mass is 10.2. The average Bonchev–Trinajstić information content (AvgIpc) is 3.40. The van der Waals surface area contributed by atoms with E-state index in [2.05, 4.69) is 20.8 Å². The Labute approximate surface area is 166 Å². The van der Waals surface area contributed by atoms with Crippen LogP contribution in [0.4, 0.5) is 0 Å². The van der Waals surface area contributed by atoms with Crippen molar-refractivity contribution in [3.05, 3.63) is 59.9 Å². The maximum atomic E-state index is 12.2. The van der Waals surface area contributed by atoms with Crippen LogP contribution in [-0.4, -0.2) is 39.5 Å². The molecule has 0 atom stereocenters. The second-order valence-corrected chi connectivity index (χ2v) is 6.10. The van der Waals surface area contributed by atoms with Crippen LogP contribution in [0.15, 0.2) is 48.5 Å². The number of ether oxygens (including phenoxy) is 3. The summed E-state index contributed by atoms with van der Waals surface area (Å²) in [6.07, 6.45) is 3.15. The molecule has 2 heterocycles. The molecule has 1 aromatic heterocycles. The first-order chi connectivity index (χ1) is 14.2. The van der Waals surface area contributed by atoms with Gasteiger partial charge in [0.25, 0.3) is 0 Å². The minimum absolute atomic E-state index is 0.185. The average molecular weight is 393 g/mol. The van der Waals surface area contributed by atoms with Gasteiger partial charge in [-0.05, 0) is 65.4 Å². The van der Waals surface area contributed by atoms with Crippen molar-refractivity contribution in [3.8, 4) is 22.9 Å². The fourth-order valence-electron chi connectivity index (χ4n) is 2.78. The van der Waals surface area contributed by atoms with Gasteiger partial charge in [-0.3, -0.25) is 4.79 Å². The third kappa shape index (κ3) is 4.34. The van der Waals surface area contributed by atoms with Gasteiger partial charge in [-0.25, -0.2) is 0 Å². The summed E-state index contributed by atoms with van der Waals surface area (Å²) >= 11 is 0. The molecule has 3 aromatic rings. The predicted molar refractivity (Wildman–Crippen MR) is 104 cm³/mol. The lowest BCUT2D eigenvalue weighted by molar-refractivity contribution is -0.116. The first-order valence-corrected chi connectivity index (χ1v) is 9.09. The van der Waals surface area contributed by atoms with Crippen molar-refractivity contribution in [1.82, 2.24) is 25.5 Å². The topological polar surface area (TPSA) is 100 Å². The van der Waals surface area contributed by atoms with E-state index in [-0.39, 0.29) is 19.2 Å². The van der Waals surface area contributed by atoms with E-state index >= 15 is 0 Å². The summed E-state index contributed by atoms with van der Waals surface area (Å²) in [6, 6.07) is 12.9. The van der Waals surface area contributed by atoms with Crippen molar-refractivity contribution in [3.63, 3.8) is 0 Å². The van der Waals surface area contributed by atoms with Gasteiger partial charge in [0.05, 0.1) is 18.8 Å². The Balaban J connectivity index is 1.37. The van der Waals surface area contributed by atoms with E-state index in [4.69, 9.17) is 14.2 Å². The molecule has 148 valence electrons. The zero-order valence-corrected chi connectivity index (χ0v) is 15.7. The fourth-order valence-corrected chi connectivity index (χ4v) is 2.78. The van der Waals surface area contributed by atoms with E-state index in [9.17, 15) is 4.79 Å². The Bertz CT molecular complexity index is 1030. The van der Waals surface area contributed by atoms with Gasteiger partial charge >= 0.3 is 0 Å². The molecule has 0 bridgehead atoms. The number of amides is 1. The molecule has 9 heteroatoms. The third-order valence-electron chi connectivity index (χ3n) is 4.17. The number of benzene rings is 2. The minimum Gasteiger partial charge on any atom is -0.494 e. The third-order valence-corrected chi connectivity index (χ3v) is 4.17. The highest BCUT2D eigenvalue weighted by Gasteiger charge is 2.12. The van der Waals surface area contributed by atoms with Gasteiger partial charge in [-0.2, -0.15) is 4.68 Å². The van der Waals surface area contributed by atoms with Gasteiger partial charge in [0, 0.05) is 6.08 Å². The Morgan fingerprint density at radius 1 is 1.21 bits per heavy atom. The van der Waals surface area contributed by atoms with Gasteiger partial charge in [0.2, 0.25) is 12.7 Å². The van der Waals surface area contributed by atoms with E-state index < -0.39 is 0 Å². The fraction of sp³-hybridized carbons (Fsp3) is 0.200. The number of carbonyl (C=O) groups excluding carboxylic acids is 1. The van der Waals surface area contributed by atoms with Crippen molar-refractivity contribution in [2.75, 3.05) is 13.4 Å². The van der Waals surface area contributed by atoms with Crippen LogP contribution in [0.2, 0.25) is 0 Å². The molecule has 0 radical (unpaired) electrons. The number of nitrogens with one attached hydrogen (secondary N) is 1. The van der Waals surface area contributed by atoms with Crippen LogP contribution in [-0.2, 0) is 11.3 Å². The summed E-state index contributed by atoms with van der Waals surface area (Å²) in [6.45, 7) is 2.93. The summed E-state index contributed by atoms with van der Waals surface area (Å²) in [5.74, 6) is 2.39. The van der Waals surface area contributed by atoms with E-state index in [0.29, 0.717) is 23.9 Å². The number of nitrogens with zero attached hydrogens (tertiary/aromatic N) is 4. The summed E-state index contributed by atoms with van der Waals surface area (Å²) < 4.78 is 17.6. The first kappa shape index (κ1) is 18.5. The van der Waals surface area contributed by atoms with Crippen molar-refractivity contribution < 1.29 is 19.0 Å². The standard InChI is InChI=1S/C20H19N5O4/c1-2-27-16-7-5-15(6-8-16)25-19(22-23-24-25)12-21-20(26)10-4-14-3-9-17-18(11-14)29-13-28-17/h3-11H,2,12-13H2,1H3,(H,21,26)/b10-4+. The number of rotatable bonds is 7. The van der Waals surface area contributed by atoms with Crippen molar-refractivity contribution in [1.29, 1.82) is 0 Å². The van der Waals surface area contributed by atoms with Crippen LogP contribution in [0.3, 0.4) is 0 Å². The number of tetrazole rings is 1. The zero-order chi connectivity index (χ0) is 20.1. The van der Waals surface area contributed by atoms with E-state index in [1.165, 1.54) is 6.08 Å². The number of carbonyl (C=O) groups is 1. The van der Waals surface area contributed by atoms with E-state index in [0.717, 1.165) is 17.0 Å². The molecule has 1 aliphatic heterocycles. The number of aromatic nitrogens is 4. The number of hydrogen-bond donors (Lipinski definition) is 1. The number of hydrogen-bond acceptors (Lipinski definition) is 7. The minimum atomic E-state index is -0.260. The Morgan fingerprint density at radius 3 is 2.86 bits per heavy atom. The van der Waals surface area contributed by atoms with Crippen LogP contribution in [0.5, 0.6) is 17.2 Å². The molecule has 0 saturated carbocycles. The van der Waals surface area contributed by atoms with E-state index in [1.807, 2.05) is 49.4 Å². The monoisotopic (exact) mass is 393 g/mol. The van der Waals surface area contributed by atoms with Gasteiger partial charge in [0.1, 0.15) is 5.75 Å². The molecule has 0 saturated heterocycles. The largest absolute Gasteiger partial charge is 0.494 e. The quantitative estimate of drug-likeness (QED) is 0.614. The molecular formula is C20H19N5O4. The van der Waals surface area contributed by atoms with Crippen LogP contribution >= 0.6 is 0 Å². The molecule has 0 aliphatic carbocycles. The molecule has 1 N–H and O–H groups in total. The second-order valence-electron chi connectivity index (χ2n) is 6.10. The van der Waals surface area contributed by atoms with Crippen LogP contribution < -0.4 is 19.5 Å². The molecule has 4 rings (SSSR count). The lowest BCUT2D eigenvalue weighted by Gasteiger charge is -2.07. The molecule has 1 amide bonds. The van der Waals surface area contributed by atoms with E-state index in [1.54, 1.807) is 10.8 Å². The van der Waals surface area contributed by atoms with Crippen molar-refractivity contribution in [2.24, 2.45) is 0 Å². The maximum absolute atomic E-state index is 12.2. The van der Waals surface area contributed by atoms with Crippen LogP contribution in [0, 0.1) is 0 Å². The normalized spacial score (nSPS) is 12.3. The van der Waals surface area contributed by atoms with Crippen LogP contribution in [0.1, 0.15) is 18.3 Å². The molecule has 9 nitrogen and oxygen atoms in total. The Kier molecular flexibility index (Phi) is 5.37. The molecule has 0 unspecified atom stereocenters. The molecule has 0 fully saturated rings. The first-order valence-electron chi connectivity index (χ1n) is 9.09. The Morgan fingerprint density at radius 2 is 2.03 bits per heavy atom. The lowest BCUT2D eigenvalue weighted by Crippen LogP contribution is -2.22. The predicted octanol–water partition coefficient (Wildman–Crippen LogP) is 2.12. The number of fused-ring (bicyclic) bond motifs is 1. The maximum Gasteiger partial charge on any atom is 0.244 e.